The van der Waals surface area contributed by atoms with Crippen molar-refractivity contribution in [2.45, 2.75) is 71.3 Å². The molecule has 0 bridgehead atoms. The van der Waals surface area contributed by atoms with Crippen LogP contribution in [0.4, 0.5) is 11.4 Å². The van der Waals surface area contributed by atoms with E-state index < -0.39 is 6.04 Å². The molecule has 45 heavy (non-hydrogen) atoms. The molecule has 0 spiro atoms. The third-order valence-electron chi connectivity index (χ3n) is 8.37. The van der Waals surface area contributed by atoms with E-state index in [0.717, 1.165) is 57.5 Å². The smallest absolute Gasteiger partial charge is 0.256 e. The fraction of sp³-hybridized carbons (Fsp3) is 0.529. The molecule has 244 valence electrons. The van der Waals surface area contributed by atoms with Crippen LogP contribution in [0.1, 0.15) is 65.2 Å². The molecule has 2 fully saturated rings. The molecule has 2 aliphatic heterocycles. The third-order valence-corrected chi connectivity index (χ3v) is 8.79. The quantitative estimate of drug-likeness (QED) is 0.185. The van der Waals surface area contributed by atoms with Gasteiger partial charge in [0.2, 0.25) is 11.8 Å². The molecule has 10 nitrogen and oxygen atoms in total. The average molecular weight is 638 g/mol. The van der Waals surface area contributed by atoms with Crippen LogP contribution < -0.4 is 25.4 Å². The average Bonchev–Trinajstić information content (AvgIpc) is 3.26. The number of ether oxygens (including phenoxy) is 2. The molecule has 2 heterocycles. The Labute approximate surface area is 272 Å². The van der Waals surface area contributed by atoms with E-state index in [4.69, 9.17) is 27.4 Å². The van der Waals surface area contributed by atoms with Gasteiger partial charge < -0.3 is 30.3 Å². The van der Waals surface area contributed by atoms with Gasteiger partial charge in [0.25, 0.3) is 5.91 Å². The lowest BCUT2D eigenvalue weighted by Gasteiger charge is -2.31. The van der Waals surface area contributed by atoms with Gasteiger partial charge in [0.05, 0.1) is 25.3 Å². The Bertz CT molecular complexity index is 1280. The fourth-order valence-corrected chi connectivity index (χ4v) is 6.24. The lowest BCUT2D eigenvalue weighted by molar-refractivity contribution is -0.124. The Kier molecular flexibility index (Phi) is 13.0. The Morgan fingerprint density at radius 3 is 2.22 bits per heavy atom. The van der Waals surface area contributed by atoms with Gasteiger partial charge in [-0.3, -0.25) is 19.3 Å². The first-order chi connectivity index (χ1) is 21.8. The van der Waals surface area contributed by atoms with Crippen LogP contribution in [0, 0.1) is 5.92 Å². The number of piperidine rings is 1. The predicted octanol–water partition coefficient (Wildman–Crippen LogP) is 4.96. The molecule has 0 aliphatic carbocycles. The van der Waals surface area contributed by atoms with Gasteiger partial charge in [-0.25, -0.2) is 0 Å². The molecule has 2 aliphatic rings. The van der Waals surface area contributed by atoms with E-state index >= 15 is 0 Å². The fourth-order valence-electron chi connectivity index (χ4n) is 5.83. The van der Waals surface area contributed by atoms with Crippen LogP contribution >= 0.6 is 12.2 Å². The molecular formula is C34H47N5O5S. The van der Waals surface area contributed by atoms with Gasteiger partial charge in [0.15, 0.2) is 5.11 Å². The highest BCUT2D eigenvalue weighted by atomic mass is 32.1. The van der Waals surface area contributed by atoms with E-state index in [-0.39, 0.29) is 30.1 Å². The van der Waals surface area contributed by atoms with Crippen LogP contribution in [0.15, 0.2) is 48.5 Å². The van der Waals surface area contributed by atoms with E-state index in [9.17, 15) is 14.4 Å². The molecule has 4 rings (SSSR count). The molecule has 1 atom stereocenters. The summed E-state index contributed by atoms with van der Waals surface area (Å²) >= 11 is 5.84. The van der Waals surface area contributed by atoms with Crippen molar-refractivity contribution in [1.29, 1.82) is 0 Å². The summed E-state index contributed by atoms with van der Waals surface area (Å²) in [5.41, 5.74) is 6.77. The Morgan fingerprint density at radius 2 is 1.58 bits per heavy atom. The summed E-state index contributed by atoms with van der Waals surface area (Å²) in [6.45, 7) is 8.25. The second kappa shape index (κ2) is 17.1. The van der Waals surface area contributed by atoms with Gasteiger partial charge in [0, 0.05) is 18.2 Å². The number of likely N-dealkylation sites (tertiary alicyclic amines) is 1. The number of amides is 3. The monoisotopic (exact) mass is 637 g/mol. The number of carbonyl (C=O) groups is 3. The minimum atomic E-state index is -0.726. The molecule has 3 amide bonds. The molecule has 11 heteroatoms. The molecule has 0 unspecified atom stereocenters. The van der Waals surface area contributed by atoms with E-state index in [1.54, 1.807) is 0 Å². The summed E-state index contributed by atoms with van der Waals surface area (Å²) in [6, 6.07) is 13.8. The topological polar surface area (TPSA) is 117 Å². The lowest BCUT2D eigenvalue weighted by Crippen LogP contribution is -2.41. The number of nitrogens with two attached hydrogens (primary N) is 1. The number of thiocarbonyl (C=S) groups is 1. The molecule has 2 saturated heterocycles. The van der Waals surface area contributed by atoms with Crippen molar-refractivity contribution >= 4 is 46.4 Å². The van der Waals surface area contributed by atoms with E-state index in [0.29, 0.717) is 42.0 Å². The molecule has 0 radical (unpaired) electrons. The Balaban J connectivity index is 1.38. The highest BCUT2D eigenvalue weighted by Gasteiger charge is 2.44. The number of hydrogen-bond acceptors (Lipinski definition) is 7. The van der Waals surface area contributed by atoms with Crippen LogP contribution in [0.5, 0.6) is 11.5 Å². The summed E-state index contributed by atoms with van der Waals surface area (Å²) in [5, 5.41) is 3.32. The zero-order chi connectivity index (χ0) is 32.2. The maximum absolute atomic E-state index is 13.8. The van der Waals surface area contributed by atoms with Gasteiger partial charge >= 0.3 is 0 Å². The minimum absolute atomic E-state index is 0.0355. The van der Waals surface area contributed by atoms with E-state index in [2.05, 4.69) is 17.1 Å². The molecule has 0 aromatic heterocycles. The number of primary amides is 1. The van der Waals surface area contributed by atoms with Gasteiger partial charge in [-0.2, -0.15) is 0 Å². The second-order valence-electron chi connectivity index (χ2n) is 11.6. The molecule has 2 aromatic rings. The van der Waals surface area contributed by atoms with Crippen LogP contribution in [0.2, 0.25) is 0 Å². The standard InChI is InChI=1S/C34H47N5O5S/c1-3-5-6-7-23-44-29-13-9-26(10-14-29)36-31(40)24-30-33(42)39(27-11-15-28(16-12-27)43-4-2)34(45)38(30)20-8-19-37-21-17-25(18-22-37)32(35)41/h9-16,25,30H,3-8,17-24H2,1-2H3,(H2,35,41)(H,36,40)/t30-/m1/s1. The number of anilines is 2. The number of hydrogen-bond donors (Lipinski definition) is 2. The highest BCUT2D eigenvalue weighted by molar-refractivity contribution is 7.80. The van der Waals surface area contributed by atoms with Crippen molar-refractivity contribution in [3.8, 4) is 11.5 Å². The summed E-state index contributed by atoms with van der Waals surface area (Å²) in [6.07, 6.45) is 6.79. The first kappa shape index (κ1) is 34.2. The van der Waals surface area contributed by atoms with Crippen LogP contribution in [0.25, 0.3) is 0 Å². The summed E-state index contributed by atoms with van der Waals surface area (Å²) in [4.78, 5) is 44.3. The van der Waals surface area contributed by atoms with E-state index in [1.165, 1.54) is 17.7 Å². The van der Waals surface area contributed by atoms with Crippen LogP contribution in [0.3, 0.4) is 0 Å². The van der Waals surface area contributed by atoms with Crippen molar-refractivity contribution < 1.29 is 23.9 Å². The van der Waals surface area contributed by atoms with Crippen LogP contribution in [-0.2, 0) is 14.4 Å². The van der Waals surface area contributed by atoms with Gasteiger partial charge in [0.1, 0.15) is 17.5 Å². The maximum Gasteiger partial charge on any atom is 0.256 e. The zero-order valence-electron chi connectivity index (χ0n) is 26.5. The van der Waals surface area contributed by atoms with Crippen molar-refractivity contribution in [2.75, 3.05) is 49.6 Å². The zero-order valence-corrected chi connectivity index (χ0v) is 27.4. The number of rotatable bonds is 17. The molecule has 0 saturated carbocycles. The van der Waals surface area contributed by atoms with Crippen LogP contribution in [-0.4, -0.2) is 78.1 Å². The first-order valence-corrected chi connectivity index (χ1v) is 16.6. The number of nitrogens with one attached hydrogen (secondary N) is 1. The van der Waals surface area contributed by atoms with Crippen molar-refractivity contribution in [3.63, 3.8) is 0 Å². The Morgan fingerprint density at radius 1 is 0.911 bits per heavy atom. The number of unbranched alkanes of at least 4 members (excludes halogenated alkanes) is 3. The second-order valence-corrected chi connectivity index (χ2v) is 12.0. The van der Waals surface area contributed by atoms with Gasteiger partial charge in [-0.15, -0.1) is 0 Å². The summed E-state index contributed by atoms with van der Waals surface area (Å²) in [5.74, 6) is 0.685. The molecule has 2 aromatic carbocycles. The lowest BCUT2D eigenvalue weighted by atomic mass is 9.96. The molecule has 3 N–H and O–H groups in total. The van der Waals surface area contributed by atoms with Crippen molar-refractivity contribution in [1.82, 2.24) is 9.80 Å². The normalized spacial score (nSPS) is 17.5. The van der Waals surface area contributed by atoms with Crippen molar-refractivity contribution in [2.24, 2.45) is 11.7 Å². The number of carbonyl (C=O) groups excluding carboxylic acids is 3. The Hall–Kier alpha value is -3.70. The number of nitrogens with zero attached hydrogens (tertiary/aromatic N) is 3. The minimum Gasteiger partial charge on any atom is -0.494 e. The molecular weight excluding hydrogens is 590 g/mol. The third kappa shape index (κ3) is 9.64. The van der Waals surface area contributed by atoms with Crippen molar-refractivity contribution in [3.05, 3.63) is 48.5 Å². The summed E-state index contributed by atoms with van der Waals surface area (Å²) < 4.78 is 11.4. The first-order valence-electron chi connectivity index (χ1n) is 16.2. The highest BCUT2D eigenvalue weighted by Crippen LogP contribution is 2.29. The van der Waals surface area contributed by atoms with Gasteiger partial charge in [-0.1, -0.05) is 26.2 Å². The largest absolute Gasteiger partial charge is 0.494 e. The van der Waals surface area contributed by atoms with Gasteiger partial charge in [-0.05, 0) is 113 Å². The van der Waals surface area contributed by atoms with E-state index in [1.807, 2.05) is 60.4 Å². The summed E-state index contributed by atoms with van der Waals surface area (Å²) in [7, 11) is 0. The SMILES string of the molecule is CCCCCCOc1ccc(NC(=O)C[C@@H]2C(=O)N(c3ccc(OCC)cc3)C(=S)N2CCCN2CCC(C(N)=O)CC2)cc1. The number of benzene rings is 2. The predicted molar refractivity (Wildman–Crippen MR) is 180 cm³/mol. The maximum atomic E-state index is 13.8.